The predicted molar refractivity (Wildman–Crippen MR) is 163 cm³/mol. The summed E-state index contributed by atoms with van der Waals surface area (Å²) in [4.78, 5) is 66.2. The number of amides is 3. The van der Waals surface area contributed by atoms with E-state index in [2.05, 4.69) is 16.0 Å². The predicted octanol–water partition coefficient (Wildman–Crippen LogP) is 4.83. The quantitative estimate of drug-likeness (QED) is 0.242. The van der Waals surface area contributed by atoms with Crippen molar-refractivity contribution in [3.05, 3.63) is 35.9 Å². The van der Waals surface area contributed by atoms with Crippen LogP contribution in [0.15, 0.2) is 30.3 Å². The molecule has 2 aliphatic rings. The van der Waals surface area contributed by atoms with E-state index in [9.17, 15) is 24.0 Å². The third-order valence-electron chi connectivity index (χ3n) is 8.66. The van der Waals surface area contributed by atoms with Crippen molar-refractivity contribution in [1.82, 2.24) is 16.0 Å². The molecule has 3 N–H and O–H groups in total. The lowest BCUT2D eigenvalue weighted by atomic mass is 9.83. The number of hydrogen-bond acceptors (Lipinski definition) is 5. The minimum Gasteiger partial charge on any atom is -0.344 e. The monoisotopic (exact) mass is 581 g/mol. The molecule has 0 spiro atoms. The zero-order chi connectivity index (χ0) is 30.5. The normalized spacial score (nSPS) is 18.2. The van der Waals surface area contributed by atoms with Crippen molar-refractivity contribution in [3.63, 3.8) is 0 Å². The topological polar surface area (TPSA) is 121 Å². The van der Waals surface area contributed by atoms with Crippen LogP contribution in [0.25, 0.3) is 0 Å². The second-order valence-corrected chi connectivity index (χ2v) is 12.8. The number of nitrogens with one attached hydrogen (secondary N) is 3. The highest BCUT2D eigenvalue weighted by Gasteiger charge is 2.34. The average Bonchev–Trinajstić information content (AvgIpc) is 3.52. The summed E-state index contributed by atoms with van der Waals surface area (Å²) >= 11 is 0. The molecular weight excluding hydrogens is 530 g/mol. The summed E-state index contributed by atoms with van der Waals surface area (Å²) in [5.74, 6) is -1.76. The van der Waals surface area contributed by atoms with E-state index in [0.29, 0.717) is 25.7 Å². The number of carbonyl (C=O) groups is 5. The summed E-state index contributed by atoms with van der Waals surface area (Å²) in [6.07, 6.45) is 10.8. The molecule has 3 atom stereocenters. The van der Waals surface area contributed by atoms with Gasteiger partial charge in [-0.05, 0) is 49.5 Å². The van der Waals surface area contributed by atoms with Crippen molar-refractivity contribution in [2.45, 2.75) is 129 Å². The molecule has 2 fully saturated rings. The van der Waals surface area contributed by atoms with Crippen LogP contribution in [-0.4, -0.2) is 47.4 Å². The van der Waals surface area contributed by atoms with Gasteiger partial charge in [0, 0.05) is 18.8 Å². The number of carbonyl (C=O) groups excluding carboxylic acids is 5. The molecule has 3 rings (SSSR count). The third-order valence-corrected chi connectivity index (χ3v) is 8.66. The maximum Gasteiger partial charge on any atom is 0.243 e. The highest BCUT2D eigenvalue weighted by atomic mass is 16.2. The average molecular weight is 582 g/mol. The Morgan fingerprint density at radius 2 is 1.36 bits per heavy atom. The standard InChI is InChI=1S/C34H51N3O5/c1-4-13-30(38)31(39)27(21-24-14-7-5-8-15-24)35-33(41)28(20-23(2)3)37-34(42)29(22-25-16-9-6-10-17-25)36-32(40)26-18-11-12-19-26/h6,9-10,16-17,23-24,26-29H,4-5,7-8,11-15,18-22H2,1-3H3,(H,35,41)(H,36,40)(H,37,42)/t27?,28-,29-/m0/s1. The van der Waals surface area contributed by atoms with Crippen LogP contribution < -0.4 is 16.0 Å². The molecule has 0 aliphatic heterocycles. The summed E-state index contributed by atoms with van der Waals surface area (Å²) in [5, 5.41) is 8.75. The summed E-state index contributed by atoms with van der Waals surface area (Å²) < 4.78 is 0. The van der Waals surface area contributed by atoms with Crippen LogP contribution in [0.5, 0.6) is 0 Å². The summed E-state index contributed by atoms with van der Waals surface area (Å²) in [5.41, 5.74) is 0.904. The van der Waals surface area contributed by atoms with Gasteiger partial charge in [0.2, 0.25) is 29.3 Å². The van der Waals surface area contributed by atoms with Gasteiger partial charge in [-0.2, -0.15) is 0 Å². The van der Waals surface area contributed by atoms with E-state index in [0.717, 1.165) is 56.9 Å². The lowest BCUT2D eigenvalue weighted by Gasteiger charge is -2.29. The minimum absolute atomic E-state index is 0.0796. The maximum absolute atomic E-state index is 13.7. The Hall–Kier alpha value is -3.03. The lowest BCUT2D eigenvalue weighted by molar-refractivity contribution is -0.140. The van der Waals surface area contributed by atoms with Crippen LogP contribution in [0.2, 0.25) is 0 Å². The van der Waals surface area contributed by atoms with Crippen LogP contribution in [-0.2, 0) is 30.4 Å². The largest absolute Gasteiger partial charge is 0.344 e. The number of benzene rings is 1. The van der Waals surface area contributed by atoms with Crippen LogP contribution in [0.4, 0.5) is 0 Å². The molecule has 0 aromatic heterocycles. The molecule has 42 heavy (non-hydrogen) atoms. The van der Waals surface area contributed by atoms with E-state index >= 15 is 0 Å². The van der Waals surface area contributed by atoms with Crippen molar-refractivity contribution >= 4 is 29.3 Å². The van der Waals surface area contributed by atoms with Crippen LogP contribution in [0.3, 0.4) is 0 Å². The van der Waals surface area contributed by atoms with Crippen molar-refractivity contribution < 1.29 is 24.0 Å². The molecule has 232 valence electrons. The Bertz CT molecular complexity index is 1040. The number of rotatable bonds is 16. The molecule has 0 bridgehead atoms. The molecular formula is C34H51N3O5. The van der Waals surface area contributed by atoms with Crippen LogP contribution >= 0.6 is 0 Å². The number of hydrogen-bond donors (Lipinski definition) is 3. The number of Topliss-reactive ketones (excluding diaryl/α,β-unsaturated/α-hetero) is 2. The van der Waals surface area contributed by atoms with Crippen molar-refractivity contribution in [2.24, 2.45) is 17.8 Å². The van der Waals surface area contributed by atoms with Gasteiger partial charge in [-0.25, -0.2) is 0 Å². The second-order valence-electron chi connectivity index (χ2n) is 12.8. The fraction of sp³-hybridized carbons (Fsp3) is 0.676. The van der Waals surface area contributed by atoms with Crippen LogP contribution in [0, 0.1) is 17.8 Å². The first-order valence-corrected chi connectivity index (χ1v) is 16.2. The SMILES string of the molecule is CCCC(=O)C(=O)C(CC1CCCCC1)NC(=O)[C@H](CC(C)C)NC(=O)[C@H](Cc1ccccc1)NC(=O)C1CCCC1. The molecule has 0 radical (unpaired) electrons. The molecule has 2 saturated carbocycles. The summed E-state index contributed by atoms with van der Waals surface area (Å²) in [6, 6.07) is 6.87. The van der Waals surface area contributed by atoms with Crippen molar-refractivity contribution in [2.75, 3.05) is 0 Å². The van der Waals surface area contributed by atoms with Crippen molar-refractivity contribution in [1.29, 1.82) is 0 Å². The molecule has 0 saturated heterocycles. The van der Waals surface area contributed by atoms with Gasteiger partial charge in [-0.15, -0.1) is 0 Å². The maximum atomic E-state index is 13.7. The molecule has 8 heteroatoms. The zero-order valence-electron chi connectivity index (χ0n) is 25.8. The van der Waals surface area contributed by atoms with Gasteiger partial charge < -0.3 is 16.0 Å². The Morgan fingerprint density at radius 3 is 1.98 bits per heavy atom. The highest BCUT2D eigenvalue weighted by molar-refractivity contribution is 6.39. The molecule has 2 aliphatic carbocycles. The van der Waals surface area contributed by atoms with E-state index < -0.39 is 41.5 Å². The molecule has 8 nitrogen and oxygen atoms in total. The number of ketones is 2. The Balaban J connectivity index is 1.76. The van der Waals surface area contributed by atoms with Gasteiger partial charge in [0.1, 0.15) is 12.1 Å². The van der Waals surface area contributed by atoms with Crippen molar-refractivity contribution in [3.8, 4) is 0 Å². The van der Waals surface area contributed by atoms with E-state index in [1.54, 1.807) is 0 Å². The van der Waals surface area contributed by atoms with Crippen LogP contribution in [0.1, 0.15) is 110 Å². The van der Waals surface area contributed by atoms with Gasteiger partial charge in [0.15, 0.2) is 0 Å². The molecule has 1 unspecified atom stereocenters. The zero-order valence-corrected chi connectivity index (χ0v) is 25.8. The van der Waals surface area contributed by atoms with Gasteiger partial charge in [-0.3, -0.25) is 24.0 Å². The van der Waals surface area contributed by atoms with Gasteiger partial charge in [-0.1, -0.05) is 96.0 Å². The molecule has 3 amide bonds. The van der Waals surface area contributed by atoms with Gasteiger partial charge >= 0.3 is 0 Å². The molecule has 1 aromatic carbocycles. The Kier molecular flexibility index (Phi) is 13.7. The first-order chi connectivity index (χ1) is 20.2. The summed E-state index contributed by atoms with van der Waals surface area (Å²) in [6.45, 7) is 5.78. The fourth-order valence-electron chi connectivity index (χ4n) is 6.32. The molecule has 1 aromatic rings. The first kappa shape index (κ1) is 33.5. The fourth-order valence-corrected chi connectivity index (χ4v) is 6.32. The Labute approximate surface area is 251 Å². The third kappa shape index (κ3) is 10.7. The first-order valence-electron chi connectivity index (χ1n) is 16.2. The van der Waals surface area contributed by atoms with E-state index in [-0.39, 0.29) is 30.1 Å². The smallest absolute Gasteiger partial charge is 0.243 e. The lowest BCUT2D eigenvalue weighted by Crippen LogP contribution is -2.57. The Morgan fingerprint density at radius 1 is 0.762 bits per heavy atom. The van der Waals surface area contributed by atoms with E-state index in [4.69, 9.17) is 0 Å². The minimum atomic E-state index is -0.901. The van der Waals surface area contributed by atoms with Gasteiger partial charge in [0.05, 0.1) is 6.04 Å². The molecule has 0 heterocycles. The summed E-state index contributed by atoms with van der Waals surface area (Å²) in [7, 11) is 0. The van der Waals surface area contributed by atoms with E-state index in [1.807, 2.05) is 51.1 Å². The highest BCUT2D eigenvalue weighted by Crippen LogP contribution is 2.28. The second kappa shape index (κ2) is 17.2. The van der Waals surface area contributed by atoms with E-state index in [1.165, 1.54) is 6.42 Å². The van der Waals surface area contributed by atoms with Gasteiger partial charge in [0.25, 0.3) is 0 Å².